The van der Waals surface area contributed by atoms with Crippen LogP contribution in [0.4, 0.5) is 5.95 Å². The third-order valence-electron chi connectivity index (χ3n) is 3.55. The van der Waals surface area contributed by atoms with Crippen molar-refractivity contribution in [1.82, 2.24) is 20.2 Å². The number of rotatable bonds is 4. The molecule has 0 spiro atoms. The Labute approximate surface area is 138 Å². The second-order valence-corrected chi connectivity index (χ2v) is 5.39. The number of anilines is 1. The van der Waals surface area contributed by atoms with Crippen LogP contribution in [0.15, 0.2) is 11.2 Å². The molecule has 0 radical (unpaired) electrons. The molecule has 0 aromatic carbocycles. The Morgan fingerprint density at radius 2 is 2.20 bits per heavy atom. The molecular weight excluding hydrogens is 367 g/mol. The molecule has 1 saturated carbocycles. The van der Waals surface area contributed by atoms with Gasteiger partial charge in [0, 0.05) is 34.2 Å². The summed E-state index contributed by atoms with van der Waals surface area (Å²) in [7, 11) is 7.82. The number of guanidine groups is 1. The molecule has 1 aromatic rings. The van der Waals surface area contributed by atoms with E-state index in [9.17, 15) is 0 Å². The van der Waals surface area contributed by atoms with Crippen LogP contribution in [0.5, 0.6) is 0 Å². The number of nitrogens with one attached hydrogen (secondary N) is 2. The first kappa shape index (κ1) is 17.1. The first-order chi connectivity index (χ1) is 9.02. The molecule has 1 fully saturated rings. The number of aliphatic imine (C=N–C) groups is 1. The Morgan fingerprint density at radius 1 is 1.55 bits per heavy atom. The van der Waals surface area contributed by atoms with Gasteiger partial charge in [-0.3, -0.25) is 4.99 Å². The number of halogens is 1. The van der Waals surface area contributed by atoms with E-state index in [0.29, 0.717) is 6.04 Å². The van der Waals surface area contributed by atoms with Crippen LogP contribution in [0.2, 0.25) is 0 Å². The SMILES string of the molecule is CN=C(NCc1cnc(N(C)C)n1C)NC1CC1C.I. The summed E-state index contributed by atoms with van der Waals surface area (Å²) in [4.78, 5) is 10.6. The van der Waals surface area contributed by atoms with Gasteiger partial charge in [-0.25, -0.2) is 4.98 Å². The monoisotopic (exact) mass is 392 g/mol. The van der Waals surface area contributed by atoms with Crippen LogP contribution in [0.1, 0.15) is 19.0 Å². The van der Waals surface area contributed by atoms with Crippen molar-refractivity contribution in [3.8, 4) is 0 Å². The standard InChI is InChI=1S/C13H24N6.HI/c1-9-6-11(9)17-12(14-2)15-7-10-8-16-13(18(3)4)19(10)5;/h8-9,11H,6-7H2,1-5H3,(H2,14,15,17);1H. The van der Waals surface area contributed by atoms with Crippen LogP contribution in [-0.4, -0.2) is 42.7 Å². The maximum atomic E-state index is 4.39. The Hall–Kier alpha value is -0.990. The van der Waals surface area contributed by atoms with Crippen molar-refractivity contribution in [2.75, 3.05) is 26.0 Å². The molecule has 0 amide bonds. The lowest BCUT2D eigenvalue weighted by molar-refractivity contribution is 0.729. The zero-order valence-electron chi connectivity index (χ0n) is 12.8. The maximum Gasteiger partial charge on any atom is 0.204 e. The van der Waals surface area contributed by atoms with Gasteiger partial charge >= 0.3 is 0 Å². The quantitative estimate of drug-likeness (QED) is 0.459. The first-order valence-corrected chi connectivity index (χ1v) is 6.68. The summed E-state index contributed by atoms with van der Waals surface area (Å²) in [6.45, 7) is 2.97. The molecule has 20 heavy (non-hydrogen) atoms. The summed E-state index contributed by atoms with van der Waals surface area (Å²) < 4.78 is 2.08. The summed E-state index contributed by atoms with van der Waals surface area (Å²) in [5.74, 6) is 2.58. The van der Waals surface area contributed by atoms with E-state index in [4.69, 9.17) is 0 Å². The van der Waals surface area contributed by atoms with Gasteiger partial charge in [0.2, 0.25) is 5.95 Å². The molecule has 0 aliphatic heterocycles. The van der Waals surface area contributed by atoms with Crippen LogP contribution in [0.3, 0.4) is 0 Å². The van der Waals surface area contributed by atoms with E-state index in [2.05, 4.69) is 32.1 Å². The average Bonchev–Trinajstić information content (AvgIpc) is 2.92. The smallest absolute Gasteiger partial charge is 0.204 e. The fourth-order valence-corrected chi connectivity index (χ4v) is 2.08. The highest BCUT2D eigenvalue weighted by molar-refractivity contribution is 14.0. The van der Waals surface area contributed by atoms with E-state index in [0.717, 1.165) is 30.1 Å². The lowest BCUT2D eigenvalue weighted by Crippen LogP contribution is -2.38. The van der Waals surface area contributed by atoms with Gasteiger partial charge in [0.1, 0.15) is 0 Å². The number of imidazole rings is 1. The number of aromatic nitrogens is 2. The molecule has 1 aromatic heterocycles. The third kappa shape index (κ3) is 4.00. The molecule has 1 heterocycles. The van der Waals surface area contributed by atoms with E-state index in [-0.39, 0.29) is 24.0 Å². The molecule has 1 aliphatic carbocycles. The summed E-state index contributed by atoms with van der Waals surface area (Å²) in [6.07, 6.45) is 3.13. The van der Waals surface area contributed by atoms with E-state index < -0.39 is 0 Å². The van der Waals surface area contributed by atoms with Gasteiger partial charge in [0.05, 0.1) is 18.4 Å². The van der Waals surface area contributed by atoms with Crippen molar-refractivity contribution in [2.24, 2.45) is 18.0 Å². The van der Waals surface area contributed by atoms with Crippen molar-refractivity contribution in [1.29, 1.82) is 0 Å². The van der Waals surface area contributed by atoms with Crippen molar-refractivity contribution in [3.05, 3.63) is 11.9 Å². The fraction of sp³-hybridized carbons (Fsp3) is 0.692. The molecule has 2 rings (SSSR count). The molecule has 2 N–H and O–H groups in total. The predicted molar refractivity (Wildman–Crippen MR) is 93.9 cm³/mol. The van der Waals surface area contributed by atoms with E-state index in [1.54, 1.807) is 7.05 Å². The van der Waals surface area contributed by atoms with Crippen molar-refractivity contribution >= 4 is 35.9 Å². The second kappa shape index (κ2) is 7.14. The Kier molecular flexibility index (Phi) is 6.09. The van der Waals surface area contributed by atoms with E-state index in [1.807, 2.05) is 32.2 Å². The number of hydrogen-bond donors (Lipinski definition) is 2. The van der Waals surface area contributed by atoms with Gasteiger partial charge in [-0.15, -0.1) is 24.0 Å². The molecular formula is C13H25IN6. The molecule has 6 nitrogen and oxygen atoms in total. The zero-order chi connectivity index (χ0) is 14.0. The molecule has 0 bridgehead atoms. The highest BCUT2D eigenvalue weighted by Crippen LogP contribution is 2.28. The van der Waals surface area contributed by atoms with Gasteiger partial charge < -0.3 is 20.1 Å². The number of hydrogen-bond acceptors (Lipinski definition) is 3. The third-order valence-corrected chi connectivity index (χ3v) is 3.55. The summed E-state index contributed by atoms with van der Waals surface area (Å²) >= 11 is 0. The lowest BCUT2D eigenvalue weighted by atomic mass is 10.4. The van der Waals surface area contributed by atoms with E-state index >= 15 is 0 Å². The molecule has 114 valence electrons. The first-order valence-electron chi connectivity index (χ1n) is 6.68. The van der Waals surface area contributed by atoms with Gasteiger partial charge in [0.15, 0.2) is 5.96 Å². The minimum absolute atomic E-state index is 0. The Balaban J connectivity index is 0.00000200. The molecule has 7 heteroatoms. The van der Waals surface area contributed by atoms with Gasteiger partial charge in [0.25, 0.3) is 0 Å². The maximum absolute atomic E-state index is 4.39. The minimum atomic E-state index is 0. The highest BCUT2D eigenvalue weighted by Gasteiger charge is 2.33. The topological polar surface area (TPSA) is 57.5 Å². The van der Waals surface area contributed by atoms with Gasteiger partial charge in [-0.05, 0) is 12.3 Å². The van der Waals surface area contributed by atoms with Crippen LogP contribution in [-0.2, 0) is 13.6 Å². The van der Waals surface area contributed by atoms with Crippen LogP contribution in [0.25, 0.3) is 0 Å². The highest BCUT2D eigenvalue weighted by atomic mass is 127. The predicted octanol–water partition coefficient (Wildman–Crippen LogP) is 1.18. The summed E-state index contributed by atoms with van der Waals surface area (Å²) in [5, 5.41) is 6.74. The van der Waals surface area contributed by atoms with Crippen LogP contribution < -0.4 is 15.5 Å². The van der Waals surface area contributed by atoms with Crippen LogP contribution in [0, 0.1) is 5.92 Å². The molecule has 2 atom stereocenters. The van der Waals surface area contributed by atoms with Gasteiger partial charge in [-0.1, -0.05) is 6.92 Å². The lowest BCUT2D eigenvalue weighted by Gasteiger charge is -2.14. The van der Waals surface area contributed by atoms with Crippen molar-refractivity contribution in [2.45, 2.75) is 25.9 Å². The molecule has 1 aliphatic rings. The summed E-state index contributed by atoms with van der Waals surface area (Å²) in [6, 6.07) is 0.579. The Bertz CT molecular complexity index is 467. The fourth-order valence-electron chi connectivity index (χ4n) is 2.08. The van der Waals surface area contributed by atoms with Crippen molar-refractivity contribution < 1.29 is 0 Å². The Morgan fingerprint density at radius 3 is 2.65 bits per heavy atom. The number of nitrogens with zero attached hydrogens (tertiary/aromatic N) is 4. The molecule has 0 saturated heterocycles. The average molecular weight is 392 g/mol. The van der Waals surface area contributed by atoms with Gasteiger partial charge in [-0.2, -0.15) is 0 Å². The zero-order valence-corrected chi connectivity index (χ0v) is 15.2. The van der Waals surface area contributed by atoms with Crippen molar-refractivity contribution in [3.63, 3.8) is 0 Å². The van der Waals surface area contributed by atoms with E-state index in [1.165, 1.54) is 6.42 Å². The normalized spacial score (nSPS) is 21.1. The second-order valence-electron chi connectivity index (χ2n) is 5.39. The molecule has 2 unspecified atom stereocenters. The van der Waals surface area contributed by atoms with Crippen LogP contribution >= 0.6 is 24.0 Å². The largest absolute Gasteiger partial charge is 0.353 e. The minimum Gasteiger partial charge on any atom is -0.353 e. The summed E-state index contributed by atoms with van der Waals surface area (Å²) in [5.41, 5.74) is 1.13.